The molecule has 1 aromatic rings. The van der Waals surface area contributed by atoms with Gasteiger partial charge >= 0.3 is 0 Å². The lowest BCUT2D eigenvalue weighted by atomic mass is 10.0. The van der Waals surface area contributed by atoms with Crippen LogP contribution in [0.1, 0.15) is 18.9 Å². The van der Waals surface area contributed by atoms with Crippen molar-refractivity contribution in [2.24, 2.45) is 5.92 Å². The maximum absolute atomic E-state index is 4.40. The molecule has 2 bridgehead atoms. The molecule has 0 amide bonds. The van der Waals surface area contributed by atoms with Crippen LogP contribution in [0.2, 0.25) is 0 Å². The molecular weight excluding hydrogens is 277 g/mol. The molecule has 3 rings (SSSR count). The van der Waals surface area contributed by atoms with E-state index in [1.54, 1.807) is 0 Å². The Labute approximate surface area is 91.0 Å². The number of nitrogens with one attached hydrogen (secondary N) is 1. The van der Waals surface area contributed by atoms with E-state index in [2.05, 4.69) is 43.9 Å². The predicted octanol–water partition coefficient (Wildman–Crippen LogP) is 1.41. The Morgan fingerprint density at radius 3 is 3.00 bits per heavy atom. The molecule has 2 aliphatic rings. The first kappa shape index (κ1) is 8.23. The number of aromatic nitrogens is 2. The topological polar surface area (TPSA) is 29.9 Å². The first-order valence-electron chi connectivity index (χ1n) is 4.76. The SMILES string of the molecule is Ic1cnn(C2CC3CC2CN3)c1. The van der Waals surface area contributed by atoms with Crippen LogP contribution in [-0.2, 0) is 0 Å². The number of halogens is 1. The number of hydrogen-bond acceptors (Lipinski definition) is 2. The molecule has 0 spiro atoms. The molecule has 13 heavy (non-hydrogen) atoms. The molecule has 0 aromatic carbocycles. The van der Waals surface area contributed by atoms with E-state index in [-0.39, 0.29) is 0 Å². The third-order valence-corrected chi connectivity index (χ3v) is 3.79. The van der Waals surface area contributed by atoms with Gasteiger partial charge in [-0.1, -0.05) is 0 Å². The summed E-state index contributed by atoms with van der Waals surface area (Å²) < 4.78 is 3.40. The molecule has 3 unspecified atom stereocenters. The van der Waals surface area contributed by atoms with Gasteiger partial charge in [-0.3, -0.25) is 4.68 Å². The van der Waals surface area contributed by atoms with E-state index in [9.17, 15) is 0 Å². The van der Waals surface area contributed by atoms with Crippen molar-refractivity contribution < 1.29 is 0 Å². The van der Waals surface area contributed by atoms with Gasteiger partial charge < -0.3 is 5.32 Å². The van der Waals surface area contributed by atoms with Crippen LogP contribution in [0.4, 0.5) is 0 Å². The smallest absolute Gasteiger partial charge is 0.0623 e. The molecule has 3 nitrogen and oxygen atoms in total. The molecule has 4 heteroatoms. The molecule has 0 radical (unpaired) electrons. The van der Waals surface area contributed by atoms with Gasteiger partial charge in [-0.2, -0.15) is 5.10 Å². The van der Waals surface area contributed by atoms with Crippen LogP contribution >= 0.6 is 22.6 Å². The van der Waals surface area contributed by atoms with Crippen molar-refractivity contribution in [1.82, 2.24) is 15.1 Å². The molecule has 1 aromatic heterocycles. The largest absolute Gasteiger partial charge is 0.314 e. The highest BCUT2D eigenvalue weighted by Crippen LogP contribution is 2.39. The lowest BCUT2D eigenvalue weighted by Gasteiger charge is -2.22. The van der Waals surface area contributed by atoms with Crippen LogP contribution in [0.25, 0.3) is 0 Å². The van der Waals surface area contributed by atoms with Gasteiger partial charge in [0.1, 0.15) is 0 Å². The van der Waals surface area contributed by atoms with Crippen molar-refractivity contribution >= 4 is 22.6 Å². The number of hydrogen-bond donors (Lipinski definition) is 1. The molecule has 1 saturated carbocycles. The van der Waals surface area contributed by atoms with Crippen LogP contribution in [0, 0.1) is 9.49 Å². The second kappa shape index (κ2) is 2.95. The lowest BCUT2D eigenvalue weighted by molar-refractivity contribution is 0.321. The molecule has 1 saturated heterocycles. The van der Waals surface area contributed by atoms with Gasteiger partial charge in [-0.25, -0.2) is 0 Å². The Hall–Kier alpha value is -0.100. The maximum Gasteiger partial charge on any atom is 0.0623 e. The number of fused-ring (bicyclic) bond motifs is 2. The molecule has 1 N–H and O–H groups in total. The van der Waals surface area contributed by atoms with Gasteiger partial charge in [-0.15, -0.1) is 0 Å². The third kappa shape index (κ3) is 1.30. The molecule has 2 fully saturated rings. The fourth-order valence-electron chi connectivity index (χ4n) is 2.63. The minimum absolute atomic E-state index is 0.662. The van der Waals surface area contributed by atoms with Crippen LogP contribution in [0.15, 0.2) is 12.4 Å². The highest BCUT2D eigenvalue weighted by atomic mass is 127. The van der Waals surface area contributed by atoms with Crippen molar-refractivity contribution in [2.45, 2.75) is 24.9 Å². The first-order chi connectivity index (χ1) is 6.33. The molecule has 1 aliphatic heterocycles. The number of nitrogens with zero attached hydrogens (tertiary/aromatic N) is 2. The van der Waals surface area contributed by atoms with Crippen LogP contribution < -0.4 is 5.32 Å². The Morgan fingerprint density at radius 1 is 1.54 bits per heavy atom. The highest BCUT2D eigenvalue weighted by molar-refractivity contribution is 14.1. The molecule has 3 atom stereocenters. The average molecular weight is 289 g/mol. The van der Waals surface area contributed by atoms with E-state index in [4.69, 9.17) is 0 Å². The second-order valence-corrected chi connectivity index (χ2v) is 5.29. The zero-order chi connectivity index (χ0) is 8.84. The summed E-state index contributed by atoms with van der Waals surface area (Å²) in [5.74, 6) is 0.820. The van der Waals surface area contributed by atoms with Crippen molar-refractivity contribution in [2.75, 3.05) is 6.54 Å². The van der Waals surface area contributed by atoms with Gasteiger partial charge in [-0.05, 0) is 41.4 Å². The summed E-state index contributed by atoms with van der Waals surface area (Å²) in [5.41, 5.74) is 0. The molecule has 1 aliphatic carbocycles. The fourth-order valence-corrected chi connectivity index (χ4v) is 3.04. The second-order valence-electron chi connectivity index (χ2n) is 4.04. The average Bonchev–Trinajstić information content (AvgIpc) is 2.77. The van der Waals surface area contributed by atoms with Crippen molar-refractivity contribution in [3.8, 4) is 0 Å². The first-order valence-corrected chi connectivity index (χ1v) is 5.84. The third-order valence-electron chi connectivity index (χ3n) is 3.24. The van der Waals surface area contributed by atoms with E-state index < -0.39 is 0 Å². The molecule has 70 valence electrons. The number of rotatable bonds is 1. The van der Waals surface area contributed by atoms with Gasteiger partial charge in [0.25, 0.3) is 0 Å². The Kier molecular flexibility index (Phi) is 1.87. The fraction of sp³-hybridized carbons (Fsp3) is 0.667. The van der Waals surface area contributed by atoms with Crippen LogP contribution in [0.5, 0.6) is 0 Å². The van der Waals surface area contributed by atoms with Gasteiger partial charge in [0.05, 0.1) is 15.8 Å². The molecular formula is C9H12IN3. The van der Waals surface area contributed by atoms with Gasteiger partial charge in [0.15, 0.2) is 0 Å². The minimum atomic E-state index is 0.662. The predicted molar refractivity (Wildman–Crippen MR) is 58.5 cm³/mol. The summed E-state index contributed by atoms with van der Waals surface area (Å²) >= 11 is 2.32. The van der Waals surface area contributed by atoms with Crippen LogP contribution in [0.3, 0.4) is 0 Å². The highest BCUT2D eigenvalue weighted by Gasteiger charge is 2.40. The Morgan fingerprint density at radius 2 is 2.46 bits per heavy atom. The molecule has 2 heterocycles. The summed E-state index contributed by atoms with van der Waals surface area (Å²) in [6.07, 6.45) is 6.72. The van der Waals surface area contributed by atoms with E-state index >= 15 is 0 Å². The van der Waals surface area contributed by atoms with Gasteiger partial charge in [0, 0.05) is 18.8 Å². The summed E-state index contributed by atoms with van der Waals surface area (Å²) in [7, 11) is 0. The normalized spacial score (nSPS) is 37.2. The van der Waals surface area contributed by atoms with Crippen molar-refractivity contribution in [3.05, 3.63) is 16.0 Å². The van der Waals surface area contributed by atoms with E-state index in [1.165, 1.54) is 23.0 Å². The number of piperidine rings is 1. The lowest BCUT2D eigenvalue weighted by Crippen LogP contribution is -2.31. The zero-order valence-electron chi connectivity index (χ0n) is 7.28. The standard InChI is InChI=1S/C9H12IN3/c10-7-4-12-13(5-7)9-2-8-1-6(9)3-11-8/h4-6,8-9,11H,1-3H2. The Bertz CT molecular complexity index is 322. The maximum atomic E-state index is 4.40. The quantitative estimate of drug-likeness (QED) is 0.792. The summed E-state index contributed by atoms with van der Waals surface area (Å²) in [6, 6.07) is 1.42. The van der Waals surface area contributed by atoms with Gasteiger partial charge in [0.2, 0.25) is 0 Å². The zero-order valence-corrected chi connectivity index (χ0v) is 9.44. The van der Waals surface area contributed by atoms with E-state index in [0.717, 1.165) is 12.0 Å². The van der Waals surface area contributed by atoms with E-state index in [1.807, 2.05) is 6.20 Å². The van der Waals surface area contributed by atoms with E-state index in [0.29, 0.717) is 6.04 Å². The van der Waals surface area contributed by atoms with Crippen molar-refractivity contribution in [3.63, 3.8) is 0 Å². The summed E-state index contributed by atoms with van der Waals surface area (Å²) in [6.45, 7) is 1.19. The van der Waals surface area contributed by atoms with Crippen LogP contribution in [-0.4, -0.2) is 22.4 Å². The summed E-state index contributed by atoms with van der Waals surface area (Å²) in [4.78, 5) is 0. The minimum Gasteiger partial charge on any atom is -0.314 e. The van der Waals surface area contributed by atoms with Crippen molar-refractivity contribution in [1.29, 1.82) is 0 Å². The Balaban J connectivity index is 1.87. The monoisotopic (exact) mass is 289 g/mol. The summed E-state index contributed by atoms with van der Waals surface area (Å²) in [5, 5.41) is 7.92.